The molecular formula is C22H18IN3O4. The maximum atomic E-state index is 12.9. The van der Waals surface area contributed by atoms with E-state index in [-0.39, 0.29) is 12.1 Å². The van der Waals surface area contributed by atoms with Crippen LogP contribution >= 0.6 is 22.6 Å². The molecule has 0 unspecified atom stereocenters. The Morgan fingerprint density at radius 2 is 1.90 bits per heavy atom. The third-order valence-corrected chi connectivity index (χ3v) is 5.59. The number of carbonyl (C=O) groups excluding carboxylic acids is 3. The van der Waals surface area contributed by atoms with E-state index in [9.17, 15) is 14.4 Å². The van der Waals surface area contributed by atoms with E-state index in [0.29, 0.717) is 5.76 Å². The van der Waals surface area contributed by atoms with Crippen LogP contribution < -0.4 is 5.32 Å². The van der Waals surface area contributed by atoms with Gasteiger partial charge in [0.2, 0.25) is 0 Å². The fraction of sp³-hybridized carbons (Fsp3) is 0.136. The first-order valence-electron chi connectivity index (χ1n) is 9.21. The van der Waals surface area contributed by atoms with Crippen molar-refractivity contribution in [2.24, 2.45) is 0 Å². The smallest absolute Gasteiger partial charge is 0.331 e. The Balaban J connectivity index is 1.71. The van der Waals surface area contributed by atoms with Gasteiger partial charge in [-0.25, -0.2) is 4.79 Å². The molecule has 0 radical (unpaired) electrons. The van der Waals surface area contributed by atoms with Crippen molar-refractivity contribution in [2.45, 2.75) is 20.4 Å². The Labute approximate surface area is 186 Å². The second kappa shape index (κ2) is 7.94. The summed E-state index contributed by atoms with van der Waals surface area (Å²) in [6.45, 7) is 3.84. The van der Waals surface area contributed by atoms with E-state index in [2.05, 4.69) is 38.5 Å². The number of imide groups is 2. The van der Waals surface area contributed by atoms with Crippen LogP contribution in [0.15, 0.2) is 58.7 Å². The molecule has 2 aromatic heterocycles. The maximum Gasteiger partial charge on any atom is 0.331 e. The number of amides is 4. The molecule has 1 N–H and O–H groups in total. The predicted molar refractivity (Wildman–Crippen MR) is 119 cm³/mol. The second-order valence-corrected chi connectivity index (χ2v) is 8.18. The molecule has 4 rings (SSSR count). The van der Waals surface area contributed by atoms with Crippen LogP contribution in [0, 0.1) is 17.4 Å². The predicted octanol–water partition coefficient (Wildman–Crippen LogP) is 3.95. The number of nitrogens with zero attached hydrogens (tertiary/aromatic N) is 2. The van der Waals surface area contributed by atoms with Crippen LogP contribution in [0.4, 0.5) is 4.79 Å². The van der Waals surface area contributed by atoms with Crippen LogP contribution in [-0.4, -0.2) is 27.3 Å². The summed E-state index contributed by atoms with van der Waals surface area (Å²) in [5, 5.41) is 2.23. The number of nitrogens with one attached hydrogen (secondary N) is 1. The molecule has 3 aromatic rings. The van der Waals surface area contributed by atoms with Crippen molar-refractivity contribution in [3.63, 3.8) is 0 Å². The molecule has 3 heterocycles. The minimum atomic E-state index is -0.761. The monoisotopic (exact) mass is 515 g/mol. The highest BCUT2D eigenvalue weighted by molar-refractivity contribution is 14.1. The lowest BCUT2D eigenvalue weighted by Gasteiger charge is -2.25. The quantitative estimate of drug-likeness (QED) is 0.324. The van der Waals surface area contributed by atoms with Crippen LogP contribution in [0.2, 0.25) is 0 Å². The van der Waals surface area contributed by atoms with Gasteiger partial charge in [0, 0.05) is 20.6 Å². The number of rotatable bonds is 4. The topological polar surface area (TPSA) is 84.6 Å². The van der Waals surface area contributed by atoms with Crippen LogP contribution in [0.25, 0.3) is 11.8 Å². The lowest BCUT2D eigenvalue weighted by Crippen LogP contribution is -2.53. The molecule has 1 aliphatic heterocycles. The number of aromatic nitrogens is 1. The van der Waals surface area contributed by atoms with Crippen LogP contribution in [0.3, 0.4) is 0 Å². The number of benzene rings is 1. The molecule has 152 valence electrons. The molecule has 7 nitrogen and oxygen atoms in total. The van der Waals surface area contributed by atoms with Gasteiger partial charge in [-0.3, -0.25) is 19.8 Å². The molecule has 8 heteroatoms. The van der Waals surface area contributed by atoms with E-state index >= 15 is 0 Å². The third kappa shape index (κ3) is 3.70. The summed E-state index contributed by atoms with van der Waals surface area (Å²) in [6.07, 6.45) is 3.00. The van der Waals surface area contributed by atoms with Gasteiger partial charge in [-0.15, -0.1) is 0 Å². The van der Waals surface area contributed by atoms with Crippen molar-refractivity contribution < 1.29 is 18.8 Å². The fourth-order valence-corrected chi connectivity index (χ4v) is 4.02. The lowest BCUT2D eigenvalue weighted by molar-refractivity contribution is -0.130. The molecule has 0 spiro atoms. The summed E-state index contributed by atoms with van der Waals surface area (Å²) in [4.78, 5) is 38.5. The number of aryl methyl sites for hydroxylation is 1. The largest absolute Gasteiger partial charge is 0.467 e. The number of carbonyl (C=O) groups is 3. The minimum absolute atomic E-state index is 0.0518. The van der Waals surface area contributed by atoms with Crippen molar-refractivity contribution in [3.05, 3.63) is 80.6 Å². The van der Waals surface area contributed by atoms with Gasteiger partial charge in [-0.1, -0.05) is 6.07 Å². The van der Waals surface area contributed by atoms with Crippen molar-refractivity contribution >= 4 is 46.5 Å². The van der Waals surface area contributed by atoms with Crippen LogP contribution in [0.1, 0.15) is 22.7 Å². The molecule has 0 bridgehead atoms. The Morgan fingerprint density at radius 3 is 2.60 bits per heavy atom. The average Bonchev–Trinajstić information content (AvgIpc) is 3.30. The van der Waals surface area contributed by atoms with Crippen molar-refractivity contribution in [1.29, 1.82) is 0 Å². The second-order valence-electron chi connectivity index (χ2n) is 6.93. The third-order valence-electron chi connectivity index (χ3n) is 4.92. The average molecular weight is 515 g/mol. The molecule has 1 aliphatic rings. The van der Waals surface area contributed by atoms with Gasteiger partial charge in [-0.05, 0) is 84.5 Å². The first-order chi connectivity index (χ1) is 14.3. The molecule has 0 aliphatic carbocycles. The number of hydrogen-bond acceptors (Lipinski definition) is 4. The lowest BCUT2D eigenvalue weighted by atomic mass is 10.1. The van der Waals surface area contributed by atoms with Gasteiger partial charge in [0.15, 0.2) is 0 Å². The Kier molecular flexibility index (Phi) is 5.33. The van der Waals surface area contributed by atoms with E-state index in [1.165, 1.54) is 12.3 Å². The molecule has 30 heavy (non-hydrogen) atoms. The normalized spacial score (nSPS) is 15.8. The molecular weight excluding hydrogens is 497 g/mol. The van der Waals surface area contributed by atoms with E-state index in [4.69, 9.17) is 4.42 Å². The minimum Gasteiger partial charge on any atom is -0.467 e. The van der Waals surface area contributed by atoms with Gasteiger partial charge in [0.05, 0.1) is 12.8 Å². The number of urea groups is 1. The molecule has 1 aromatic carbocycles. The van der Waals surface area contributed by atoms with Gasteiger partial charge in [-0.2, -0.15) is 0 Å². The van der Waals surface area contributed by atoms with Gasteiger partial charge in [0.25, 0.3) is 11.8 Å². The number of furan rings is 1. The summed E-state index contributed by atoms with van der Waals surface area (Å²) in [6, 6.07) is 12.5. The van der Waals surface area contributed by atoms with E-state index < -0.39 is 17.8 Å². The summed E-state index contributed by atoms with van der Waals surface area (Å²) in [5.74, 6) is -0.914. The SMILES string of the molecule is Cc1cc(/C=C2\C(=O)NC(=O)N(Cc3ccco3)C2=O)c(C)n1-c1cccc(I)c1. The zero-order valence-corrected chi connectivity index (χ0v) is 18.5. The summed E-state index contributed by atoms with van der Waals surface area (Å²) >= 11 is 2.26. The van der Waals surface area contributed by atoms with Gasteiger partial charge >= 0.3 is 6.03 Å². The molecule has 4 amide bonds. The first kappa shape index (κ1) is 20.1. The Hall–Kier alpha value is -3.14. The summed E-state index contributed by atoms with van der Waals surface area (Å²) in [7, 11) is 0. The number of barbiturate groups is 1. The number of halogens is 1. The van der Waals surface area contributed by atoms with E-state index in [0.717, 1.165) is 31.1 Å². The van der Waals surface area contributed by atoms with Crippen molar-refractivity contribution in [2.75, 3.05) is 0 Å². The van der Waals surface area contributed by atoms with E-state index in [1.54, 1.807) is 12.1 Å². The van der Waals surface area contributed by atoms with Crippen LogP contribution in [0.5, 0.6) is 0 Å². The fourth-order valence-electron chi connectivity index (χ4n) is 3.50. The Bertz CT molecular complexity index is 1190. The van der Waals surface area contributed by atoms with Gasteiger partial charge < -0.3 is 8.98 Å². The van der Waals surface area contributed by atoms with Crippen LogP contribution in [-0.2, 0) is 16.1 Å². The van der Waals surface area contributed by atoms with Crippen molar-refractivity contribution in [1.82, 2.24) is 14.8 Å². The zero-order valence-electron chi connectivity index (χ0n) is 16.3. The zero-order chi connectivity index (χ0) is 21.4. The summed E-state index contributed by atoms with van der Waals surface area (Å²) in [5.41, 5.74) is 3.49. The number of hydrogen-bond donors (Lipinski definition) is 1. The highest BCUT2D eigenvalue weighted by Gasteiger charge is 2.36. The van der Waals surface area contributed by atoms with E-state index in [1.807, 2.05) is 38.1 Å². The summed E-state index contributed by atoms with van der Waals surface area (Å²) < 4.78 is 8.39. The molecule has 1 saturated heterocycles. The standard InChI is InChI=1S/C22H18IN3O4/c1-13-9-15(14(2)26(13)17-6-3-5-16(23)11-17)10-19-20(27)24-22(29)25(21(19)28)12-18-7-4-8-30-18/h3-11H,12H2,1-2H3,(H,24,27,29)/b19-10+. The maximum absolute atomic E-state index is 12.9. The Morgan fingerprint density at radius 1 is 1.10 bits per heavy atom. The first-order valence-corrected chi connectivity index (χ1v) is 10.3. The highest BCUT2D eigenvalue weighted by atomic mass is 127. The molecule has 1 fully saturated rings. The highest BCUT2D eigenvalue weighted by Crippen LogP contribution is 2.25. The molecule has 0 saturated carbocycles. The molecule has 0 atom stereocenters. The van der Waals surface area contributed by atoms with Gasteiger partial charge in [0.1, 0.15) is 11.3 Å². The van der Waals surface area contributed by atoms with Crippen molar-refractivity contribution in [3.8, 4) is 5.69 Å².